The molecule has 2 atom stereocenters. The van der Waals surface area contributed by atoms with Crippen molar-refractivity contribution in [2.75, 3.05) is 12.9 Å². The third kappa shape index (κ3) is 8.44. The molecule has 0 spiro atoms. The molecule has 0 aromatic carbocycles. The topological polar surface area (TPSA) is 93.7 Å². The highest BCUT2D eigenvalue weighted by atomic mass is 32.1. The molecule has 0 radical (unpaired) electrons. The standard InChI is InChI=1S/C13H24N2O5S/c1-8(11(17)19-5)14-10(16)9(6-7-21)15-12(18)20-13(2,3)4/h8-9,21H,6-7H2,1-5H3,(H,14,16)(H,15,18)/t8-,9+/m0/s1. The van der Waals surface area contributed by atoms with Crippen molar-refractivity contribution >= 4 is 30.6 Å². The maximum Gasteiger partial charge on any atom is 0.408 e. The minimum Gasteiger partial charge on any atom is -0.467 e. The van der Waals surface area contributed by atoms with Crippen molar-refractivity contribution in [1.29, 1.82) is 0 Å². The molecule has 122 valence electrons. The molecule has 7 nitrogen and oxygen atoms in total. The van der Waals surface area contributed by atoms with E-state index in [1.54, 1.807) is 20.8 Å². The molecule has 0 fully saturated rings. The zero-order chi connectivity index (χ0) is 16.6. The molecule has 0 aromatic rings. The predicted molar refractivity (Wildman–Crippen MR) is 81.2 cm³/mol. The average Bonchev–Trinajstić information content (AvgIpc) is 2.34. The molecule has 0 aliphatic heterocycles. The lowest BCUT2D eigenvalue weighted by atomic mass is 10.2. The van der Waals surface area contributed by atoms with Gasteiger partial charge in [0.1, 0.15) is 17.7 Å². The molecular formula is C13H24N2O5S. The number of rotatable bonds is 6. The van der Waals surface area contributed by atoms with Gasteiger partial charge in [0.15, 0.2) is 0 Å². The van der Waals surface area contributed by atoms with E-state index in [1.165, 1.54) is 14.0 Å². The fraction of sp³-hybridized carbons (Fsp3) is 0.769. The zero-order valence-corrected chi connectivity index (χ0v) is 14.0. The van der Waals surface area contributed by atoms with Crippen molar-refractivity contribution in [3.05, 3.63) is 0 Å². The summed E-state index contributed by atoms with van der Waals surface area (Å²) in [4.78, 5) is 35.0. The summed E-state index contributed by atoms with van der Waals surface area (Å²) in [5.74, 6) is -0.668. The quantitative estimate of drug-likeness (QED) is 0.499. The second kappa shape index (κ2) is 8.76. The van der Waals surface area contributed by atoms with Crippen LogP contribution in [-0.2, 0) is 19.1 Å². The first kappa shape index (κ1) is 19.6. The number of hydrogen-bond donors (Lipinski definition) is 3. The average molecular weight is 320 g/mol. The fourth-order valence-corrected chi connectivity index (χ4v) is 1.66. The van der Waals surface area contributed by atoms with Crippen LogP contribution in [0.2, 0.25) is 0 Å². The molecule has 2 amide bonds. The normalized spacial score (nSPS) is 13.8. The van der Waals surface area contributed by atoms with E-state index in [9.17, 15) is 14.4 Å². The first-order valence-electron chi connectivity index (χ1n) is 6.59. The number of amides is 2. The summed E-state index contributed by atoms with van der Waals surface area (Å²) in [7, 11) is 1.23. The Morgan fingerprint density at radius 3 is 2.19 bits per heavy atom. The van der Waals surface area contributed by atoms with Crippen LogP contribution in [0, 0.1) is 0 Å². The molecule has 0 saturated carbocycles. The first-order chi connectivity index (χ1) is 9.60. The van der Waals surface area contributed by atoms with Gasteiger partial charge in [-0.25, -0.2) is 9.59 Å². The van der Waals surface area contributed by atoms with Gasteiger partial charge in [-0.2, -0.15) is 12.6 Å². The minimum absolute atomic E-state index is 0.308. The van der Waals surface area contributed by atoms with Crippen LogP contribution in [0.3, 0.4) is 0 Å². The number of alkyl carbamates (subject to hydrolysis) is 1. The van der Waals surface area contributed by atoms with E-state index in [4.69, 9.17) is 4.74 Å². The van der Waals surface area contributed by atoms with Gasteiger partial charge in [0.05, 0.1) is 7.11 Å². The Morgan fingerprint density at radius 1 is 1.19 bits per heavy atom. The Labute approximate surface area is 130 Å². The van der Waals surface area contributed by atoms with Crippen molar-refractivity contribution in [3.8, 4) is 0 Å². The van der Waals surface area contributed by atoms with Crippen LogP contribution in [0.5, 0.6) is 0 Å². The van der Waals surface area contributed by atoms with Crippen LogP contribution < -0.4 is 10.6 Å². The molecule has 0 aliphatic carbocycles. The molecule has 0 unspecified atom stereocenters. The summed E-state index contributed by atoms with van der Waals surface area (Å²) in [6.07, 6.45) is -0.391. The second-order valence-corrected chi connectivity index (χ2v) is 5.91. The van der Waals surface area contributed by atoms with Gasteiger partial charge in [-0.15, -0.1) is 0 Å². The summed E-state index contributed by atoms with van der Waals surface area (Å²) in [6, 6.07) is -1.63. The Balaban J connectivity index is 4.63. The van der Waals surface area contributed by atoms with Crippen LogP contribution in [0.4, 0.5) is 4.79 Å². The van der Waals surface area contributed by atoms with Crippen molar-refractivity contribution < 1.29 is 23.9 Å². The van der Waals surface area contributed by atoms with E-state index in [2.05, 4.69) is 28.0 Å². The summed E-state index contributed by atoms with van der Waals surface area (Å²) in [5.41, 5.74) is -0.661. The summed E-state index contributed by atoms with van der Waals surface area (Å²) >= 11 is 4.05. The highest BCUT2D eigenvalue weighted by Crippen LogP contribution is 2.07. The van der Waals surface area contributed by atoms with Gasteiger partial charge in [-0.3, -0.25) is 4.79 Å². The van der Waals surface area contributed by atoms with Crippen LogP contribution in [-0.4, -0.2) is 48.5 Å². The number of nitrogens with one attached hydrogen (secondary N) is 2. The van der Waals surface area contributed by atoms with Crippen LogP contribution in [0.15, 0.2) is 0 Å². The lowest BCUT2D eigenvalue weighted by molar-refractivity contribution is -0.144. The molecule has 0 rings (SSSR count). The number of esters is 1. The van der Waals surface area contributed by atoms with Gasteiger partial charge in [0.25, 0.3) is 0 Å². The summed E-state index contributed by atoms with van der Waals surface area (Å²) in [5, 5.41) is 4.93. The van der Waals surface area contributed by atoms with E-state index >= 15 is 0 Å². The minimum atomic E-state index is -0.829. The monoisotopic (exact) mass is 320 g/mol. The van der Waals surface area contributed by atoms with Crippen LogP contribution in [0.25, 0.3) is 0 Å². The summed E-state index contributed by atoms with van der Waals surface area (Å²) in [6.45, 7) is 6.66. The van der Waals surface area contributed by atoms with Crippen LogP contribution in [0.1, 0.15) is 34.1 Å². The van der Waals surface area contributed by atoms with E-state index < -0.39 is 35.7 Å². The summed E-state index contributed by atoms with van der Waals surface area (Å²) < 4.78 is 9.61. The van der Waals surface area contributed by atoms with E-state index in [0.717, 1.165) is 0 Å². The van der Waals surface area contributed by atoms with E-state index in [0.29, 0.717) is 12.2 Å². The number of carbonyl (C=O) groups excluding carboxylic acids is 3. The Morgan fingerprint density at radius 2 is 1.76 bits per heavy atom. The molecule has 8 heteroatoms. The largest absolute Gasteiger partial charge is 0.467 e. The van der Waals surface area contributed by atoms with Gasteiger partial charge in [-0.1, -0.05) is 0 Å². The fourth-order valence-electron chi connectivity index (χ4n) is 1.40. The Kier molecular flexibility index (Phi) is 8.16. The number of hydrogen-bond acceptors (Lipinski definition) is 6. The van der Waals surface area contributed by atoms with Crippen molar-refractivity contribution in [2.45, 2.75) is 51.8 Å². The molecule has 0 aliphatic rings. The van der Waals surface area contributed by atoms with Gasteiger partial charge in [0, 0.05) is 0 Å². The molecule has 0 bridgehead atoms. The third-order valence-electron chi connectivity index (χ3n) is 2.34. The number of methoxy groups -OCH3 is 1. The van der Waals surface area contributed by atoms with Gasteiger partial charge in [0.2, 0.25) is 5.91 Å². The first-order valence-corrected chi connectivity index (χ1v) is 7.22. The predicted octanol–water partition coefficient (Wildman–Crippen LogP) is 0.877. The second-order valence-electron chi connectivity index (χ2n) is 5.46. The Bertz CT molecular complexity index is 381. The van der Waals surface area contributed by atoms with Crippen LogP contribution >= 0.6 is 12.6 Å². The van der Waals surface area contributed by atoms with Gasteiger partial charge >= 0.3 is 12.1 Å². The maximum atomic E-state index is 12.0. The van der Waals surface area contributed by atoms with Crippen molar-refractivity contribution in [2.24, 2.45) is 0 Å². The van der Waals surface area contributed by atoms with Crippen molar-refractivity contribution in [3.63, 3.8) is 0 Å². The number of carbonyl (C=O) groups is 3. The highest BCUT2D eigenvalue weighted by Gasteiger charge is 2.26. The highest BCUT2D eigenvalue weighted by molar-refractivity contribution is 7.80. The molecule has 21 heavy (non-hydrogen) atoms. The van der Waals surface area contributed by atoms with Crippen molar-refractivity contribution in [1.82, 2.24) is 10.6 Å². The van der Waals surface area contributed by atoms with Gasteiger partial charge < -0.3 is 20.1 Å². The lowest BCUT2D eigenvalue weighted by Crippen LogP contribution is -2.51. The maximum absolute atomic E-state index is 12.0. The number of ether oxygens (including phenoxy) is 2. The molecule has 2 N–H and O–H groups in total. The smallest absolute Gasteiger partial charge is 0.408 e. The Hall–Kier alpha value is -1.44. The SMILES string of the molecule is COC(=O)[C@H](C)NC(=O)[C@@H](CCS)NC(=O)OC(C)(C)C. The molecule has 0 saturated heterocycles. The van der Waals surface area contributed by atoms with Gasteiger partial charge in [-0.05, 0) is 39.9 Å². The zero-order valence-electron chi connectivity index (χ0n) is 13.1. The lowest BCUT2D eigenvalue weighted by Gasteiger charge is -2.23. The van der Waals surface area contributed by atoms with E-state index in [-0.39, 0.29) is 0 Å². The third-order valence-corrected chi connectivity index (χ3v) is 2.60. The molecule has 0 aromatic heterocycles. The molecular weight excluding hydrogens is 296 g/mol. The molecule has 0 heterocycles. The van der Waals surface area contributed by atoms with E-state index in [1.807, 2.05) is 0 Å². The number of thiol groups is 1.